The third-order valence-corrected chi connectivity index (χ3v) is 9.34. The molecule has 1 heterocycles. The molecule has 2 saturated carbocycles. The van der Waals surface area contributed by atoms with E-state index in [1.807, 2.05) is 27.7 Å². The van der Waals surface area contributed by atoms with Gasteiger partial charge in [-0.1, -0.05) is 19.4 Å². The van der Waals surface area contributed by atoms with Gasteiger partial charge in [0, 0.05) is 22.8 Å². The molecule has 0 unspecified atom stereocenters. The molecule has 4 atom stereocenters. The molecule has 0 radical (unpaired) electrons. The molecular weight excluding hydrogens is 372 g/mol. The second kappa shape index (κ2) is 5.02. The molecule has 5 rings (SSSR count). The summed E-state index contributed by atoms with van der Waals surface area (Å²) in [5.41, 5.74) is -2.06. The summed E-state index contributed by atoms with van der Waals surface area (Å²) in [7, 11) is 0. The predicted molar refractivity (Wildman–Crippen MR) is 103 cm³/mol. The quantitative estimate of drug-likeness (QED) is 0.717. The van der Waals surface area contributed by atoms with Crippen LogP contribution in [0.15, 0.2) is 22.8 Å². The molecule has 4 aliphatic carbocycles. The summed E-state index contributed by atoms with van der Waals surface area (Å²) in [5.74, 6) is -1.02. The molecule has 0 aromatic rings. The maximum atomic E-state index is 13.5. The van der Waals surface area contributed by atoms with Crippen LogP contribution in [0, 0.1) is 16.2 Å². The highest BCUT2D eigenvalue weighted by molar-refractivity contribution is 5.99. The molecule has 29 heavy (non-hydrogen) atoms. The molecule has 1 aliphatic heterocycles. The van der Waals surface area contributed by atoms with E-state index >= 15 is 0 Å². The van der Waals surface area contributed by atoms with Crippen LogP contribution >= 0.6 is 0 Å². The summed E-state index contributed by atoms with van der Waals surface area (Å²) >= 11 is 0. The van der Waals surface area contributed by atoms with E-state index in [0.717, 1.165) is 24.0 Å². The molecule has 0 amide bonds. The van der Waals surface area contributed by atoms with Gasteiger partial charge >= 0.3 is 11.9 Å². The zero-order valence-electron chi connectivity index (χ0n) is 17.7. The third kappa shape index (κ3) is 1.86. The van der Waals surface area contributed by atoms with E-state index in [0.29, 0.717) is 18.4 Å². The molecule has 0 aromatic heterocycles. The Bertz CT molecular complexity index is 946. The van der Waals surface area contributed by atoms with Crippen molar-refractivity contribution in [3.05, 3.63) is 22.8 Å². The predicted octanol–water partition coefficient (Wildman–Crippen LogP) is 2.78. The van der Waals surface area contributed by atoms with Crippen molar-refractivity contribution in [2.75, 3.05) is 0 Å². The Morgan fingerprint density at radius 3 is 2.31 bits per heavy atom. The van der Waals surface area contributed by atoms with Crippen molar-refractivity contribution in [2.24, 2.45) is 16.2 Å². The van der Waals surface area contributed by atoms with Crippen LogP contribution in [0.4, 0.5) is 0 Å². The van der Waals surface area contributed by atoms with Crippen LogP contribution in [-0.4, -0.2) is 40.1 Å². The van der Waals surface area contributed by atoms with Crippen molar-refractivity contribution in [1.82, 2.24) is 0 Å². The van der Waals surface area contributed by atoms with Crippen molar-refractivity contribution in [2.45, 2.75) is 84.0 Å². The lowest BCUT2D eigenvalue weighted by Gasteiger charge is -2.46. The second-order valence-electron chi connectivity index (χ2n) is 10.5. The van der Waals surface area contributed by atoms with Gasteiger partial charge in [0.15, 0.2) is 11.9 Å². The Morgan fingerprint density at radius 1 is 1.14 bits per heavy atom. The van der Waals surface area contributed by atoms with Gasteiger partial charge in [-0.3, -0.25) is 9.59 Å². The molecule has 6 nitrogen and oxygen atoms in total. The maximum Gasteiger partial charge on any atom is 0.351 e. The minimum atomic E-state index is -1.36. The van der Waals surface area contributed by atoms with Gasteiger partial charge in [0.1, 0.15) is 5.60 Å². The van der Waals surface area contributed by atoms with Gasteiger partial charge in [0.05, 0.1) is 5.41 Å². The van der Waals surface area contributed by atoms with Crippen LogP contribution in [0.25, 0.3) is 0 Å². The summed E-state index contributed by atoms with van der Waals surface area (Å²) in [4.78, 5) is 38.3. The van der Waals surface area contributed by atoms with Gasteiger partial charge in [-0.15, -0.1) is 0 Å². The van der Waals surface area contributed by atoms with Crippen molar-refractivity contribution in [1.29, 1.82) is 0 Å². The highest BCUT2D eigenvalue weighted by Gasteiger charge is 2.77. The number of carbonyl (C=O) groups is 3. The number of aliphatic hydroxyl groups is 1. The SMILES string of the molecule is CC1=C2CC(=O)C=C2[C@H](OC(=O)[C@@]23CC[C@@](C)(C(=O)O2)C3(C)C)[C@@](C)(O)C12CC2. The normalized spacial score (nSPS) is 43.4. The van der Waals surface area contributed by atoms with E-state index in [1.165, 1.54) is 6.08 Å². The summed E-state index contributed by atoms with van der Waals surface area (Å²) < 4.78 is 11.7. The lowest BCUT2D eigenvalue weighted by molar-refractivity contribution is -0.197. The topological polar surface area (TPSA) is 89.9 Å². The Kier molecular flexibility index (Phi) is 3.30. The van der Waals surface area contributed by atoms with Crippen LogP contribution in [0.2, 0.25) is 0 Å². The van der Waals surface area contributed by atoms with Crippen LogP contribution in [0.3, 0.4) is 0 Å². The molecule has 1 spiro atoms. The Morgan fingerprint density at radius 2 is 1.79 bits per heavy atom. The maximum absolute atomic E-state index is 13.5. The number of hydrogen-bond donors (Lipinski definition) is 1. The minimum absolute atomic E-state index is 0.0388. The molecule has 156 valence electrons. The number of rotatable bonds is 2. The average molecular weight is 400 g/mol. The van der Waals surface area contributed by atoms with Crippen molar-refractivity contribution in [3.63, 3.8) is 0 Å². The van der Waals surface area contributed by atoms with Crippen molar-refractivity contribution < 1.29 is 29.0 Å². The lowest BCUT2D eigenvalue weighted by atomic mass is 9.66. The Labute approximate surface area is 170 Å². The summed E-state index contributed by atoms with van der Waals surface area (Å²) in [5, 5.41) is 11.5. The van der Waals surface area contributed by atoms with E-state index in [1.54, 1.807) is 6.92 Å². The van der Waals surface area contributed by atoms with E-state index in [9.17, 15) is 19.5 Å². The van der Waals surface area contributed by atoms with Gasteiger partial charge in [-0.2, -0.15) is 0 Å². The first-order chi connectivity index (χ1) is 13.3. The number of ketones is 1. The van der Waals surface area contributed by atoms with E-state index in [4.69, 9.17) is 9.47 Å². The van der Waals surface area contributed by atoms with Crippen molar-refractivity contribution >= 4 is 17.7 Å². The van der Waals surface area contributed by atoms with Gasteiger partial charge in [-0.25, -0.2) is 4.79 Å². The van der Waals surface area contributed by atoms with Crippen LogP contribution < -0.4 is 0 Å². The number of allylic oxidation sites excluding steroid dienone is 1. The number of ether oxygens (including phenoxy) is 2. The van der Waals surface area contributed by atoms with Gasteiger partial charge < -0.3 is 14.6 Å². The molecule has 1 saturated heterocycles. The van der Waals surface area contributed by atoms with E-state index < -0.39 is 39.5 Å². The molecule has 2 bridgehead atoms. The lowest BCUT2D eigenvalue weighted by Crippen LogP contribution is -2.57. The minimum Gasteiger partial charge on any atom is -0.451 e. The van der Waals surface area contributed by atoms with Crippen LogP contribution in [-0.2, 0) is 23.9 Å². The first-order valence-electron chi connectivity index (χ1n) is 10.5. The van der Waals surface area contributed by atoms with Crippen LogP contribution in [0.1, 0.15) is 66.7 Å². The van der Waals surface area contributed by atoms with E-state index in [-0.39, 0.29) is 18.2 Å². The van der Waals surface area contributed by atoms with Gasteiger partial charge in [0.25, 0.3) is 0 Å². The fourth-order valence-electron chi connectivity index (χ4n) is 6.48. The smallest absolute Gasteiger partial charge is 0.351 e. The largest absolute Gasteiger partial charge is 0.451 e. The monoisotopic (exact) mass is 400 g/mol. The molecule has 5 aliphatic rings. The molecule has 6 heteroatoms. The fourth-order valence-corrected chi connectivity index (χ4v) is 6.48. The highest BCUT2D eigenvalue weighted by Crippen LogP contribution is 2.68. The number of hydrogen-bond acceptors (Lipinski definition) is 6. The first kappa shape index (κ1) is 19.0. The number of esters is 2. The van der Waals surface area contributed by atoms with Gasteiger partial charge in [-0.05, 0) is 58.1 Å². The summed E-state index contributed by atoms with van der Waals surface area (Å²) in [6, 6.07) is 0. The third-order valence-electron chi connectivity index (χ3n) is 9.34. The molecule has 0 aromatic carbocycles. The Hall–Kier alpha value is -1.95. The van der Waals surface area contributed by atoms with E-state index in [2.05, 4.69) is 0 Å². The molecule has 1 N–H and O–H groups in total. The second-order valence-corrected chi connectivity index (χ2v) is 10.5. The average Bonchev–Trinajstić information content (AvgIpc) is 3.29. The number of fused-ring (bicyclic) bond motifs is 3. The number of carbonyl (C=O) groups excluding carboxylic acids is 3. The summed E-state index contributed by atoms with van der Waals surface area (Å²) in [6.45, 7) is 9.27. The fraction of sp³-hybridized carbons (Fsp3) is 0.696. The zero-order valence-corrected chi connectivity index (χ0v) is 17.7. The highest BCUT2D eigenvalue weighted by atomic mass is 16.6. The standard InChI is InChI=1S/C23H28O6/c1-12-14-10-13(24)11-15(14)16(21(5,27)22(12)7-8-22)28-18(26)23-9-6-20(4,17(25)29-23)19(23,2)3/h11,16,27H,6-10H2,1-5H3/t16-,20-,21+,23+/m0/s1. The molecule has 3 fully saturated rings. The Balaban J connectivity index is 1.56. The summed E-state index contributed by atoms with van der Waals surface area (Å²) in [6.07, 6.45) is 3.41. The van der Waals surface area contributed by atoms with Gasteiger partial charge in [0.2, 0.25) is 5.60 Å². The van der Waals surface area contributed by atoms with Crippen molar-refractivity contribution in [3.8, 4) is 0 Å². The first-order valence-corrected chi connectivity index (χ1v) is 10.5. The van der Waals surface area contributed by atoms with Crippen LogP contribution in [0.5, 0.6) is 0 Å². The molecular formula is C23H28O6. The zero-order chi connectivity index (χ0) is 21.2.